The number of aliphatic hydroxyl groups excluding tert-OH is 3. The first kappa shape index (κ1) is 27.7. The molecule has 10 nitrogen and oxygen atoms in total. The third-order valence-corrected chi connectivity index (χ3v) is 10.4. The number of aromatic hydroxyl groups is 1. The maximum atomic E-state index is 14.2. The lowest BCUT2D eigenvalue weighted by atomic mass is 9.54. The van der Waals surface area contributed by atoms with Crippen molar-refractivity contribution in [2.75, 3.05) is 19.8 Å². The van der Waals surface area contributed by atoms with Crippen molar-refractivity contribution in [1.82, 2.24) is 4.90 Å². The summed E-state index contributed by atoms with van der Waals surface area (Å²) in [7, 11) is 2.99. The Balaban J connectivity index is 1.75. The summed E-state index contributed by atoms with van der Waals surface area (Å²) in [6.45, 7) is 1.64. The molecular weight excluding hydrogens is 524 g/mol. The fourth-order valence-corrected chi connectivity index (χ4v) is 8.56. The lowest BCUT2D eigenvalue weighted by molar-refractivity contribution is -0.169. The SMILES string of the molecule is Cc1ccc2c(c1O)C(O)=C1C(=O)[C@]3(O)C(O)=C(C(N)=O)C(=O)[C@@H](N(C)C)[C@@H]3[C@@H](O)[C@@H]1[C@H]2CSC1CCCC1. The summed E-state index contributed by atoms with van der Waals surface area (Å²) in [6, 6.07) is 2.09. The van der Waals surface area contributed by atoms with Gasteiger partial charge in [0.25, 0.3) is 5.91 Å². The monoisotopic (exact) mass is 558 g/mol. The Morgan fingerprint density at radius 2 is 1.79 bits per heavy atom. The second-order valence-electron chi connectivity index (χ2n) is 11.3. The van der Waals surface area contributed by atoms with E-state index in [9.17, 15) is 39.9 Å². The van der Waals surface area contributed by atoms with Crippen LogP contribution in [0.1, 0.15) is 48.3 Å². The lowest BCUT2D eigenvalue weighted by Gasteiger charge is -2.54. The highest BCUT2D eigenvalue weighted by Crippen LogP contribution is 2.57. The van der Waals surface area contributed by atoms with Gasteiger partial charge in [-0.2, -0.15) is 11.8 Å². The van der Waals surface area contributed by atoms with Gasteiger partial charge in [-0.15, -0.1) is 0 Å². The minimum Gasteiger partial charge on any atom is -0.508 e. The van der Waals surface area contributed by atoms with Crippen molar-refractivity contribution in [2.45, 2.75) is 61.5 Å². The highest BCUT2D eigenvalue weighted by molar-refractivity contribution is 7.99. The topological polar surface area (TPSA) is 182 Å². The quantitative estimate of drug-likeness (QED) is 0.290. The maximum Gasteiger partial charge on any atom is 0.255 e. The van der Waals surface area contributed by atoms with Crippen LogP contribution in [-0.4, -0.2) is 90.8 Å². The van der Waals surface area contributed by atoms with Crippen LogP contribution in [0.3, 0.4) is 0 Å². The van der Waals surface area contributed by atoms with E-state index in [4.69, 9.17) is 5.73 Å². The van der Waals surface area contributed by atoms with E-state index in [1.165, 1.54) is 19.0 Å². The molecule has 0 radical (unpaired) electrons. The van der Waals surface area contributed by atoms with Crippen LogP contribution in [-0.2, 0) is 14.4 Å². The zero-order valence-corrected chi connectivity index (χ0v) is 22.9. The Morgan fingerprint density at radius 3 is 2.38 bits per heavy atom. The van der Waals surface area contributed by atoms with Gasteiger partial charge in [-0.1, -0.05) is 25.0 Å². The number of fused-ring (bicyclic) bond motifs is 3. The average molecular weight is 559 g/mol. The van der Waals surface area contributed by atoms with Gasteiger partial charge in [0.2, 0.25) is 5.78 Å². The first-order valence-corrected chi connectivity index (χ1v) is 14.2. The summed E-state index contributed by atoms with van der Waals surface area (Å²) in [5.74, 6) is -8.18. The Morgan fingerprint density at radius 1 is 1.15 bits per heavy atom. The second-order valence-corrected chi connectivity index (χ2v) is 12.6. The van der Waals surface area contributed by atoms with Gasteiger partial charge in [0.15, 0.2) is 11.4 Å². The van der Waals surface area contributed by atoms with Gasteiger partial charge in [0, 0.05) is 28.4 Å². The van der Waals surface area contributed by atoms with Crippen LogP contribution < -0.4 is 5.73 Å². The highest BCUT2D eigenvalue weighted by Gasteiger charge is 2.68. The van der Waals surface area contributed by atoms with Gasteiger partial charge < -0.3 is 31.3 Å². The van der Waals surface area contributed by atoms with Gasteiger partial charge >= 0.3 is 0 Å². The van der Waals surface area contributed by atoms with Crippen molar-refractivity contribution in [3.8, 4) is 5.75 Å². The number of aliphatic hydroxyl groups is 4. The van der Waals surface area contributed by atoms with Crippen molar-refractivity contribution < 1.29 is 39.9 Å². The fraction of sp³-hybridized carbons (Fsp3) is 0.536. The molecule has 11 heteroatoms. The number of carbonyl (C=O) groups excluding carboxylic acids is 3. The normalized spacial score (nSPS) is 32.9. The number of hydrogen-bond donors (Lipinski definition) is 6. The number of nitrogens with zero attached hydrogens (tertiary/aromatic N) is 1. The third-order valence-electron chi connectivity index (χ3n) is 8.95. The molecule has 0 aliphatic heterocycles. The molecule has 0 spiro atoms. The maximum absolute atomic E-state index is 14.2. The van der Waals surface area contributed by atoms with Crippen LogP contribution in [0.25, 0.3) is 5.76 Å². The van der Waals surface area contributed by atoms with E-state index in [0.717, 1.165) is 25.7 Å². The van der Waals surface area contributed by atoms with Crippen LogP contribution in [0.5, 0.6) is 5.75 Å². The Bertz CT molecular complexity index is 1330. The molecule has 7 N–H and O–H groups in total. The smallest absolute Gasteiger partial charge is 0.255 e. The van der Waals surface area contributed by atoms with Crippen molar-refractivity contribution in [3.05, 3.63) is 45.7 Å². The Kier molecular flexibility index (Phi) is 6.85. The van der Waals surface area contributed by atoms with Gasteiger partial charge in [-0.05, 0) is 45.0 Å². The number of phenols is 1. The minimum atomic E-state index is -2.91. The molecule has 1 amide bonds. The largest absolute Gasteiger partial charge is 0.508 e. The molecule has 6 atom stereocenters. The van der Waals surface area contributed by atoms with E-state index >= 15 is 0 Å². The van der Waals surface area contributed by atoms with Crippen LogP contribution in [0.15, 0.2) is 29.0 Å². The molecule has 0 bridgehead atoms. The fourth-order valence-electron chi connectivity index (χ4n) is 7.03. The zero-order valence-electron chi connectivity index (χ0n) is 22.0. The zero-order chi connectivity index (χ0) is 28.5. The highest BCUT2D eigenvalue weighted by atomic mass is 32.2. The second kappa shape index (κ2) is 9.65. The van der Waals surface area contributed by atoms with Gasteiger partial charge in [0.05, 0.1) is 23.6 Å². The molecule has 4 aliphatic carbocycles. The van der Waals surface area contributed by atoms with E-state index in [1.807, 2.05) is 0 Å². The van der Waals surface area contributed by atoms with Gasteiger partial charge in [-0.3, -0.25) is 19.3 Å². The molecule has 0 saturated heterocycles. The van der Waals surface area contributed by atoms with Gasteiger partial charge in [-0.25, -0.2) is 0 Å². The lowest BCUT2D eigenvalue weighted by Crippen LogP contribution is -2.70. The summed E-state index contributed by atoms with van der Waals surface area (Å²) in [6.07, 6.45) is 2.72. The summed E-state index contributed by atoms with van der Waals surface area (Å²) in [4.78, 5) is 41.1. The number of benzene rings is 1. The molecule has 1 aromatic rings. The Hall–Kier alpha value is -2.86. The summed E-state index contributed by atoms with van der Waals surface area (Å²) in [5.41, 5.74) is 2.23. The van der Waals surface area contributed by atoms with Crippen LogP contribution >= 0.6 is 11.8 Å². The molecule has 39 heavy (non-hydrogen) atoms. The molecule has 0 heterocycles. The molecule has 2 fully saturated rings. The summed E-state index contributed by atoms with van der Waals surface area (Å²) < 4.78 is 0. The predicted octanol–water partition coefficient (Wildman–Crippen LogP) is 1.46. The number of likely N-dealkylation sites (N-methyl/N-ethyl adjacent to an activating group) is 1. The number of carbonyl (C=O) groups is 3. The predicted molar refractivity (Wildman–Crippen MR) is 144 cm³/mol. The average Bonchev–Trinajstić information content (AvgIpc) is 3.39. The number of rotatable bonds is 5. The standard InChI is InChI=1S/C28H34N2O8S/c1-11-8-9-13-14(10-39-12-6-4-5-7-12)15-17(22(32)16(13)21(11)31)25(35)28(38)19(23(15)33)20(30(2)3)24(34)18(26(28)36)27(29)37/h8-9,12,14-15,19-20,23,31-33,36,38H,4-7,10H2,1-3H3,(H2,29,37)/t14-,15+,19+,20-,23-,28-/m0/s1. The van der Waals surface area contributed by atoms with Crippen molar-refractivity contribution in [3.63, 3.8) is 0 Å². The van der Waals surface area contributed by atoms with Crippen molar-refractivity contribution in [1.29, 1.82) is 0 Å². The molecular formula is C28H34N2O8S. The molecule has 210 valence electrons. The number of aryl methyl sites for hydroxylation is 1. The third kappa shape index (κ3) is 3.85. The number of ketones is 2. The molecule has 1 aromatic carbocycles. The van der Waals surface area contributed by atoms with E-state index in [1.54, 1.807) is 30.8 Å². The Labute approximate surface area is 230 Å². The van der Waals surface area contributed by atoms with E-state index in [-0.39, 0.29) is 16.9 Å². The number of Topliss-reactive ketones (excluding diaryl/α,β-unsaturated/α-hetero) is 2. The van der Waals surface area contributed by atoms with Crippen LogP contribution in [0, 0.1) is 18.8 Å². The molecule has 2 saturated carbocycles. The molecule has 4 aliphatic rings. The first-order valence-electron chi connectivity index (χ1n) is 13.1. The number of phenolic OH excluding ortho intramolecular Hbond substituents is 1. The van der Waals surface area contributed by atoms with E-state index < -0.39 is 70.1 Å². The number of primary amides is 1. The first-order chi connectivity index (χ1) is 18.3. The molecule has 0 aromatic heterocycles. The minimum absolute atomic E-state index is 0.0375. The number of amides is 1. The van der Waals surface area contributed by atoms with Gasteiger partial charge in [0.1, 0.15) is 22.8 Å². The van der Waals surface area contributed by atoms with Crippen molar-refractivity contribution >= 4 is 35.0 Å². The van der Waals surface area contributed by atoms with E-state index in [2.05, 4.69) is 0 Å². The summed E-state index contributed by atoms with van der Waals surface area (Å²) >= 11 is 1.70. The van der Waals surface area contributed by atoms with Crippen LogP contribution in [0.4, 0.5) is 0 Å². The number of hydrogen-bond acceptors (Lipinski definition) is 10. The van der Waals surface area contributed by atoms with Crippen molar-refractivity contribution in [2.24, 2.45) is 17.6 Å². The summed E-state index contributed by atoms with van der Waals surface area (Å²) in [5, 5.41) is 57.6. The molecule has 5 rings (SSSR count). The number of nitrogens with two attached hydrogens (primary N) is 1. The molecule has 0 unspecified atom stereocenters. The van der Waals surface area contributed by atoms with E-state index in [0.29, 0.717) is 22.1 Å². The van der Waals surface area contributed by atoms with Crippen LogP contribution in [0.2, 0.25) is 0 Å². The number of thioether (sulfide) groups is 1.